The Labute approximate surface area is 364 Å². The van der Waals surface area contributed by atoms with Crippen molar-refractivity contribution in [3.8, 4) is 39.5 Å². The molecule has 5 nitrogen and oxygen atoms in total. The average molecular weight is 1010 g/mol. The fourth-order valence-electron chi connectivity index (χ4n) is 7.86. The van der Waals surface area contributed by atoms with E-state index in [1.165, 1.54) is 26.8 Å². The second-order valence-corrected chi connectivity index (χ2v) is 27.5. The van der Waals surface area contributed by atoms with Crippen molar-refractivity contribution in [1.29, 1.82) is 0 Å². The monoisotopic (exact) mass is 1010 g/mol. The summed E-state index contributed by atoms with van der Waals surface area (Å²) in [7, 11) is 0. The maximum atomic E-state index is 6.70. The zero-order chi connectivity index (χ0) is 40.7. The number of fused-ring (bicyclic) bond motifs is 4. The summed E-state index contributed by atoms with van der Waals surface area (Å²) in [6.45, 7) is 13.1. The molecule has 9 rings (SSSR count). The topological polar surface area (TPSA) is 56.7 Å². The number of furan rings is 1. The van der Waals surface area contributed by atoms with Gasteiger partial charge in [-0.25, -0.2) is 0 Å². The predicted octanol–water partition coefficient (Wildman–Crippen LogP) is 13.4. The maximum absolute atomic E-state index is 6.70. The largest absolute Gasteiger partial charge is 0 e. The average Bonchev–Trinajstić information content (AvgIpc) is 3.79. The van der Waals surface area contributed by atoms with Crippen molar-refractivity contribution in [1.82, 2.24) is 19.5 Å². The Bertz CT molecular complexity index is 2860. The predicted molar refractivity (Wildman–Crippen MR) is 245 cm³/mol. The van der Waals surface area contributed by atoms with Crippen LogP contribution in [0, 0.1) is 26.0 Å². The minimum absolute atomic E-state index is 0. The van der Waals surface area contributed by atoms with Crippen molar-refractivity contribution in [2.24, 2.45) is 0 Å². The summed E-state index contributed by atoms with van der Waals surface area (Å²) in [6, 6.07) is 48.8. The van der Waals surface area contributed by atoms with E-state index in [-0.39, 0.29) is 20.1 Å². The molecule has 0 amide bonds. The third kappa shape index (κ3) is 8.36. The van der Waals surface area contributed by atoms with Gasteiger partial charge in [0.25, 0.3) is 0 Å². The molecule has 0 saturated carbocycles. The van der Waals surface area contributed by atoms with E-state index < -0.39 is 13.3 Å². The van der Waals surface area contributed by atoms with Crippen LogP contribution in [0.2, 0.25) is 17.3 Å². The molecule has 0 aliphatic rings. The first kappa shape index (κ1) is 42.0. The summed E-state index contributed by atoms with van der Waals surface area (Å²) >= 11 is -1.72. The fraction of sp³-hybridized carbons (Fsp3) is 0.212. The van der Waals surface area contributed by atoms with Crippen LogP contribution in [-0.2, 0) is 20.1 Å². The minimum Gasteiger partial charge on any atom is 0 e. The number of hydrogen-bond acceptors (Lipinski definition) is 4. The normalized spacial score (nSPS) is 11.6. The van der Waals surface area contributed by atoms with Gasteiger partial charge < -0.3 is 8.98 Å². The minimum atomic E-state index is -1.72. The Morgan fingerprint density at radius 1 is 0.678 bits per heavy atom. The first-order valence-corrected chi connectivity index (χ1v) is 27.6. The second kappa shape index (κ2) is 17.2. The van der Waals surface area contributed by atoms with Crippen LogP contribution in [0.3, 0.4) is 0 Å². The number of hydrogen-bond donors (Lipinski definition) is 0. The van der Waals surface area contributed by atoms with Crippen LogP contribution in [0.15, 0.2) is 132 Å². The summed E-state index contributed by atoms with van der Waals surface area (Å²) in [5.74, 6) is 8.61. The summed E-state index contributed by atoms with van der Waals surface area (Å²) in [4.78, 5) is 14.7. The Morgan fingerprint density at radius 3 is 2.05 bits per heavy atom. The number of pyridine rings is 2. The third-order valence-electron chi connectivity index (χ3n) is 10.9. The van der Waals surface area contributed by atoms with E-state index in [9.17, 15) is 0 Å². The first-order chi connectivity index (χ1) is 27.9. The number of aromatic nitrogens is 4. The summed E-state index contributed by atoms with van der Waals surface area (Å²) in [5.41, 5.74) is 14.5. The van der Waals surface area contributed by atoms with Gasteiger partial charge in [-0.2, -0.15) is 0 Å². The van der Waals surface area contributed by atoms with E-state index in [2.05, 4.69) is 159 Å². The molecule has 0 fully saturated rings. The maximum Gasteiger partial charge on any atom is 0 e. The van der Waals surface area contributed by atoms with Gasteiger partial charge in [0, 0.05) is 36.9 Å². The molecule has 7 heteroatoms. The van der Waals surface area contributed by atoms with Crippen molar-refractivity contribution < 1.29 is 24.5 Å². The molecule has 0 N–H and O–H groups in total. The Kier molecular flexibility index (Phi) is 12.3. The number of benzene rings is 5. The molecule has 0 bridgehead atoms. The van der Waals surface area contributed by atoms with Crippen LogP contribution in [0.25, 0.3) is 72.4 Å². The molecule has 0 spiro atoms. The standard InChI is InChI=1S/C38H34N3O.C14H16GeN.Ir/c1-22(2)28-14-10-15-29(23(3)4)36(28)41-35-25(6)39-24(5)20-33(35)40-38(41)32-17-11-16-31-30-19-18-27(21-34(30)42-37(31)32)26-12-8-7-9-13-26;1-15(2,3)13-9-10-14(16-11-13)12-7-5-4-6-8-12;/h7-16,18-23H,1-6H3;4-7,9-11H,1-3H3;/q2*-1;. The van der Waals surface area contributed by atoms with Gasteiger partial charge in [-0.15, -0.1) is 18.2 Å². The molecule has 299 valence electrons. The number of nitrogens with zero attached hydrogens (tertiary/aromatic N) is 4. The summed E-state index contributed by atoms with van der Waals surface area (Å²) in [5, 5.41) is 2.14. The van der Waals surface area contributed by atoms with E-state index in [0.717, 1.165) is 72.6 Å². The quantitative estimate of drug-likeness (QED) is 0.118. The molecular formula is C52H50GeIrN4O-2. The van der Waals surface area contributed by atoms with E-state index in [4.69, 9.17) is 14.4 Å². The fourth-order valence-corrected chi connectivity index (χ4v) is 10.0. The van der Waals surface area contributed by atoms with Gasteiger partial charge in [0.15, 0.2) is 0 Å². The molecule has 5 aromatic carbocycles. The van der Waals surface area contributed by atoms with Crippen molar-refractivity contribution in [2.45, 2.75) is 70.6 Å². The second-order valence-electron chi connectivity index (χ2n) is 16.8. The molecule has 4 aromatic heterocycles. The number of imidazole rings is 1. The van der Waals surface area contributed by atoms with Crippen molar-refractivity contribution in [2.75, 3.05) is 0 Å². The zero-order valence-corrected chi connectivity index (χ0v) is 39.8. The van der Waals surface area contributed by atoms with Crippen LogP contribution < -0.4 is 4.40 Å². The molecule has 0 atom stereocenters. The van der Waals surface area contributed by atoms with Crippen molar-refractivity contribution >= 4 is 50.6 Å². The number of aryl methyl sites for hydroxylation is 2. The van der Waals surface area contributed by atoms with Crippen LogP contribution in [-0.4, -0.2) is 32.8 Å². The van der Waals surface area contributed by atoms with Gasteiger partial charge in [-0.05, 0) is 60.1 Å². The number of para-hydroxylation sites is 1. The zero-order valence-electron chi connectivity index (χ0n) is 35.3. The van der Waals surface area contributed by atoms with Gasteiger partial charge in [0.2, 0.25) is 0 Å². The van der Waals surface area contributed by atoms with E-state index in [1.807, 2.05) is 49.5 Å². The third-order valence-corrected chi connectivity index (χ3v) is 15.1. The van der Waals surface area contributed by atoms with Gasteiger partial charge in [0.05, 0.1) is 28.1 Å². The van der Waals surface area contributed by atoms with Crippen LogP contribution in [0.4, 0.5) is 0 Å². The van der Waals surface area contributed by atoms with E-state index in [0.29, 0.717) is 11.8 Å². The van der Waals surface area contributed by atoms with Crippen molar-refractivity contribution in [3.63, 3.8) is 0 Å². The van der Waals surface area contributed by atoms with Gasteiger partial charge in [-0.1, -0.05) is 99.3 Å². The Hall–Kier alpha value is -5.14. The molecule has 1 radical (unpaired) electrons. The smallest absolute Gasteiger partial charge is 0 e. The summed E-state index contributed by atoms with van der Waals surface area (Å²) < 4.78 is 10.5. The van der Waals surface area contributed by atoms with Crippen molar-refractivity contribution in [3.05, 3.63) is 162 Å². The van der Waals surface area contributed by atoms with Crippen LogP contribution in [0.5, 0.6) is 0 Å². The molecule has 9 aromatic rings. The van der Waals surface area contributed by atoms with Gasteiger partial charge in [0.1, 0.15) is 5.58 Å². The molecule has 4 heterocycles. The van der Waals surface area contributed by atoms with Gasteiger partial charge in [-0.3, -0.25) is 9.97 Å². The molecule has 0 aliphatic heterocycles. The summed E-state index contributed by atoms with van der Waals surface area (Å²) in [6.07, 6.45) is 2.04. The number of rotatable bonds is 7. The molecular weight excluding hydrogens is 961 g/mol. The molecule has 0 saturated heterocycles. The van der Waals surface area contributed by atoms with Crippen LogP contribution >= 0.6 is 0 Å². The van der Waals surface area contributed by atoms with E-state index >= 15 is 0 Å². The SMILES string of the molecule is Cc1cc2nc(-c3[c-]ccc4c3oc3cc(-c5ccccc5)ccc34)n(-c3c(C(C)C)cccc3C(C)C)c2c(C)n1.[CH3][Ge]([CH3])([CH3])[c]1ccc(-c2[c-]cccc2)nc1.[Ir]. The van der Waals surface area contributed by atoms with E-state index in [1.54, 1.807) is 0 Å². The Balaban J connectivity index is 0.000000262. The Morgan fingerprint density at radius 2 is 1.41 bits per heavy atom. The molecule has 0 aliphatic carbocycles. The molecule has 0 unspecified atom stereocenters. The molecule has 59 heavy (non-hydrogen) atoms. The van der Waals surface area contributed by atoms with Crippen LogP contribution in [0.1, 0.15) is 62.0 Å². The van der Waals surface area contributed by atoms with Gasteiger partial charge >= 0.3 is 99.8 Å². The first-order valence-electron chi connectivity index (χ1n) is 20.2.